The molecule has 1 unspecified atom stereocenters. The van der Waals surface area contributed by atoms with Crippen LogP contribution in [-0.2, 0) is 5.54 Å². The molecule has 3 heteroatoms. The van der Waals surface area contributed by atoms with Gasteiger partial charge in [-0.25, -0.2) is 0 Å². The second kappa shape index (κ2) is 3.26. The van der Waals surface area contributed by atoms with Gasteiger partial charge in [0, 0.05) is 4.47 Å². The van der Waals surface area contributed by atoms with Gasteiger partial charge >= 0.3 is 0 Å². The summed E-state index contributed by atoms with van der Waals surface area (Å²) < 4.78 is 0.937. The van der Waals surface area contributed by atoms with Crippen molar-refractivity contribution >= 4 is 15.9 Å². The van der Waals surface area contributed by atoms with Gasteiger partial charge in [0.2, 0.25) is 0 Å². The van der Waals surface area contributed by atoms with Crippen molar-refractivity contribution in [2.45, 2.75) is 12.5 Å². The maximum atomic E-state index is 8.75. The van der Waals surface area contributed by atoms with Crippen LogP contribution in [-0.4, -0.2) is 0 Å². The average Bonchev–Trinajstić information content (AvgIpc) is 2.05. The Balaban J connectivity index is 3.14. The van der Waals surface area contributed by atoms with Crippen LogP contribution in [0.15, 0.2) is 28.7 Å². The van der Waals surface area contributed by atoms with E-state index in [1.54, 1.807) is 6.92 Å². The summed E-state index contributed by atoms with van der Waals surface area (Å²) in [5.74, 6) is 0. The summed E-state index contributed by atoms with van der Waals surface area (Å²) >= 11 is 3.32. The Kier molecular flexibility index (Phi) is 2.51. The first-order valence-corrected chi connectivity index (χ1v) is 4.32. The molecule has 0 fully saturated rings. The number of rotatable bonds is 1. The van der Waals surface area contributed by atoms with Gasteiger partial charge in [-0.15, -0.1) is 0 Å². The van der Waals surface area contributed by atoms with E-state index < -0.39 is 5.54 Å². The van der Waals surface area contributed by atoms with Crippen LogP contribution in [0.25, 0.3) is 0 Å². The molecule has 0 aliphatic carbocycles. The molecule has 0 spiro atoms. The fourth-order valence-electron chi connectivity index (χ4n) is 0.876. The van der Waals surface area contributed by atoms with E-state index >= 15 is 0 Å². The quantitative estimate of drug-likeness (QED) is 0.795. The molecular weight excluding hydrogens is 216 g/mol. The van der Waals surface area contributed by atoms with Gasteiger partial charge in [0.1, 0.15) is 5.54 Å². The number of benzene rings is 1. The van der Waals surface area contributed by atoms with Crippen LogP contribution < -0.4 is 5.73 Å². The van der Waals surface area contributed by atoms with Crippen molar-refractivity contribution in [2.24, 2.45) is 5.73 Å². The minimum atomic E-state index is -0.899. The molecule has 0 bridgehead atoms. The molecule has 1 aromatic rings. The molecule has 12 heavy (non-hydrogen) atoms. The third-order valence-corrected chi connectivity index (χ3v) is 2.15. The van der Waals surface area contributed by atoms with Gasteiger partial charge in [0.05, 0.1) is 6.07 Å². The van der Waals surface area contributed by atoms with Crippen LogP contribution in [0, 0.1) is 11.3 Å². The third-order valence-electron chi connectivity index (χ3n) is 1.66. The molecule has 2 nitrogen and oxygen atoms in total. The molecular formula is C9H9BrN2. The Bertz CT molecular complexity index is 326. The van der Waals surface area contributed by atoms with Crippen molar-refractivity contribution in [3.05, 3.63) is 34.3 Å². The van der Waals surface area contributed by atoms with E-state index in [4.69, 9.17) is 11.0 Å². The average molecular weight is 225 g/mol. The van der Waals surface area contributed by atoms with E-state index in [0.29, 0.717) is 0 Å². The van der Waals surface area contributed by atoms with E-state index in [0.717, 1.165) is 10.0 Å². The molecule has 0 saturated carbocycles. The minimum absolute atomic E-state index is 0.819. The molecule has 0 aliphatic heterocycles. The Labute approximate surface area is 80.1 Å². The van der Waals surface area contributed by atoms with Gasteiger partial charge in [-0.3, -0.25) is 0 Å². The number of hydrogen-bond donors (Lipinski definition) is 1. The standard InChI is InChI=1S/C9H9BrN2/c1-9(12,6-11)7-3-2-4-8(10)5-7/h2-5H,12H2,1H3. The monoisotopic (exact) mass is 224 g/mol. The van der Waals surface area contributed by atoms with E-state index in [9.17, 15) is 0 Å². The topological polar surface area (TPSA) is 49.8 Å². The van der Waals surface area contributed by atoms with Crippen LogP contribution in [0.2, 0.25) is 0 Å². The summed E-state index contributed by atoms with van der Waals surface area (Å²) in [6.07, 6.45) is 0. The van der Waals surface area contributed by atoms with Crippen molar-refractivity contribution in [1.29, 1.82) is 5.26 Å². The summed E-state index contributed by atoms with van der Waals surface area (Å²) in [6, 6.07) is 9.50. The van der Waals surface area contributed by atoms with Gasteiger partial charge in [0.15, 0.2) is 0 Å². The van der Waals surface area contributed by atoms with Crippen molar-refractivity contribution < 1.29 is 0 Å². The molecule has 0 aromatic heterocycles. The minimum Gasteiger partial charge on any atom is -0.310 e. The number of nitrogens with zero attached hydrogens (tertiary/aromatic N) is 1. The SMILES string of the molecule is CC(N)(C#N)c1cccc(Br)c1. The van der Waals surface area contributed by atoms with Gasteiger partial charge < -0.3 is 5.73 Å². The van der Waals surface area contributed by atoms with Gasteiger partial charge in [-0.1, -0.05) is 28.1 Å². The first kappa shape index (κ1) is 9.24. The van der Waals surface area contributed by atoms with Crippen LogP contribution in [0.3, 0.4) is 0 Å². The Morgan fingerprint density at radius 1 is 1.58 bits per heavy atom. The summed E-state index contributed by atoms with van der Waals surface area (Å²) in [5.41, 5.74) is 5.64. The van der Waals surface area contributed by atoms with Crippen LogP contribution in [0.1, 0.15) is 12.5 Å². The molecule has 0 aliphatic rings. The number of nitrogens with two attached hydrogens (primary N) is 1. The highest BCUT2D eigenvalue weighted by Crippen LogP contribution is 2.20. The predicted molar refractivity (Wildman–Crippen MR) is 51.3 cm³/mol. The lowest BCUT2D eigenvalue weighted by Crippen LogP contribution is -2.30. The zero-order valence-corrected chi connectivity index (χ0v) is 8.30. The highest BCUT2D eigenvalue weighted by atomic mass is 79.9. The molecule has 1 aromatic carbocycles. The van der Waals surface area contributed by atoms with Gasteiger partial charge in [0.25, 0.3) is 0 Å². The summed E-state index contributed by atoms with van der Waals surface area (Å²) in [4.78, 5) is 0. The summed E-state index contributed by atoms with van der Waals surface area (Å²) in [6.45, 7) is 1.69. The maximum absolute atomic E-state index is 8.75. The Hall–Kier alpha value is -0.850. The predicted octanol–water partition coefficient (Wildman–Crippen LogP) is 2.15. The maximum Gasteiger partial charge on any atom is 0.126 e. The lowest BCUT2D eigenvalue weighted by molar-refractivity contribution is 0.646. The van der Waals surface area contributed by atoms with Crippen LogP contribution in [0.5, 0.6) is 0 Å². The fraction of sp³-hybridized carbons (Fsp3) is 0.222. The molecule has 1 atom stereocenters. The second-order valence-electron chi connectivity index (χ2n) is 2.82. The zero-order chi connectivity index (χ0) is 9.19. The zero-order valence-electron chi connectivity index (χ0n) is 6.71. The number of halogens is 1. The van der Waals surface area contributed by atoms with E-state index in [1.807, 2.05) is 30.3 Å². The van der Waals surface area contributed by atoms with Crippen molar-refractivity contribution in [2.75, 3.05) is 0 Å². The van der Waals surface area contributed by atoms with Crippen LogP contribution >= 0.6 is 15.9 Å². The van der Waals surface area contributed by atoms with E-state index in [1.165, 1.54) is 0 Å². The lowest BCUT2D eigenvalue weighted by Gasteiger charge is -2.15. The molecule has 62 valence electrons. The first-order chi connectivity index (χ1) is 5.56. The normalized spacial score (nSPS) is 14.8. The highest BCUT2D eigenvalue weighted by Gasteiger charge is 2.19. The molecule has 1 rings (SSSR count). The lowest BCUT2D eigenvalue weighted by atomic mass is 9.95. The van der Waals surface area contributed by atoms with E-state index in [2.05, 4.69) is 15.9 Å². The van der Waals surface area contributed by atoms with Crippen molar-refractivity contribution in [1.82, 2.24) is 0 Å². The molecule has 0 heterocycles. The summed E-state index contributed by atoms with van der Waals surface area (Å²) in [7, 11) is 0. The largest absolute Gasteiger partial charge is 0.310 e. The molecule has 0 radical (unpaired) electrons. The van der Waals surface area contributed by atoms with Gasteiger partial charge in [-0.2, -0.15) is 5.26 Å². The second-order valence-corrected chi connectivity index (χ2v) is 3.74. The third kappa shape index (κ3) is 1.84. The molecule has 0 amide bonds. The molecule has 2 N–H and O–H groups in total. The number of nitriles is 1. The highest BCUT2D eigenvalue weighted by molar-refractivity contribution is 9.10. The van der Waals surface area contributed by atoms with E-state index in [-0.39, 0.29) is 0 Å². The van der Waals surface area contributed by atoms with Crippen LogP contribution in [0.4, 0.5) is 0 Å². The molecule has 0 saturated heterocycles. The smallest absolute Gasteiger partial charge is 0.126 e. The summed E-state index contributed by atoms with van der Waals surface area (Å²) in [5, 5.41) is 8.75. The Morgan fingerprint density at radius 2 is 2.25 bits per heavy atom. The first-order valence-electron chi connectivity index (χ1n) is 3.52. The van der Waals surface area contributed by atoms with Gasteiger partial charge in [-0.05, 0) is 24.6 Å². The number of hydrogen-bond acceptors (Lipinski definition) is 2. The Morgan fingerprint density at radius 3 is 2.75 bits per heavy atom. The van der Waals surface area contributed by atoms with Crippen molar-refractivity contribution in [3.8, 4) is 6.07 Å². The fourth-order valence-corrected chi connectivity index (χ4v) is 1.28. The van der Waals surface area contributed by atoms with Crippen molar-refractivity contribution in [3.63, 3.8) is 0 Å².